The maximum absolute atomic E-state index is 12.9. The van der Waals surface area contributed by atoms with E-state index in [1.54, 1.807) is 31.2 Å². The number of aryl methyl sites for hydroxylation is 2. The summed E-state index contributed by atoms with van der Waals surface area (Å²) in [6.45, 7) is 6.98. The molecule has 1 saturated heterocycles. The molecule has 1 aliphatic heterocycles. The average molecular weight is 538 g/mol. The molecule has 1 atom stereocenters. The zero-order valence-electron chi connectivity index (χ0n) is 21.2. The van der Waals surface area contributed by atoms with Gasteiger partial charge < -0.3 is 10.1 Å². The van der Waals surface area contributed by atoms with Crippen LogP contribution >= 0.6 is 0 Å². The Morgan fingerprint density at radius 1 is 1.03 bits per heavy atom. The van der Waals surface area contributed by atoms with E-state index < -0.39 is 32.0 Å². The van der Waals surface area contributed by atoms with Crippen molar-refractivity contribution in [3.05, 3.63) is 53.6 Å². The van der Waals surface area contributed by atoms with Gasteiger partial charge in [-0.1, -0.05) is 13.0 Å². The van der Waals surface area contributed by atoms with Crippen molar-refractivity contribution >= 4 is 31.6 Å². The lowest BCUT2D eigenvalue weighted by molar-refractivity contribution is -0.122. The molecule has 36 heavy (non-hydrogen) atoms. The van der Waals surface area contributed by atoms with Crippen molar-refractivity contribution in [2.45, 2.75) is 51.0 Å². The lowest BCUT2D eigenvalue weighted by Gasteiger charge is -2.30. The molecule has 0 aromatic heterocycles. The molecule has 1 amide bonds. The zero-order valence-corrected chi connectivity index (χ0v) is 22.9. The van der Waals surface area contributed by atoms with E-state index in [1.807, 2.05) is 19.9 Å². The van der Waals surface area contributed by atoms with Crippen molar-refractivity contribution in [2.24, 2.45) is 0 Å². The summed E-state index contributed by atoms with van der Waals surface area (Å²) in [7, 11) is -7.20. The molecule has 0 radical (unpaired) electrons. The van der Waals surface area contributed by atoms with Crippen LogP contribution in [0.2, 0.25) is 0 Å². The fraction of sp³-hybridized carbons (Fsp3) is 0.480. The molecule has 0 unspecified atom stereocenters. The van der Waals surface area contributed by atoms with E-state index in [1.165, 1.54) is 16.4 Å². The van der Waals surface area contributed by atoms with Crippen LogP contribution in [-0.4, -0.2) is 65.6 Å². The Balaban J connectivity index is 1.59. The maximum atomic E-state index is 12.9. The summed E-state index contributed by atoms with van der Waals surface area (Å²) in [5.41, 5.74) is 2.41. The lowest BCUT2D eigenvalue weighted by atomic mass is 10.1. The third kappa shape index (κ3) is 6.57. The quantitative estimate of drug-likeness (QED) is 0.441. The first-order chi connectivity index (χ1) is 16.9. The standard InChI is InChI=1S/C25H35N3O6S2/c1-5-24(28(35(4,30)31)21-9-8-19(2)20(3)18-21)25(29)26-14-17-34-22-10-12-23(13-11-22)36(32,33)27-15-6-7-16-27/h8-13,18,24H,5-7,14-17H2,1-4H3,(H,26,29)/t24-/m0/s1. The highest BCUT2D eigenvalue weighted by Gasteiger charge is 2.31. The fourth-order valence-corrected chi connectivity index (χ4v) is 6.89. The molecular weight excluding hydrogens is 502 g/mol. The van der Waals surface area contributed by atoms with Crippen LogP contribution in [0.3, 0.4) is 0 Å². The van der Waals surface area contributed by atoms with Gasteiger partial charge in [0.25, 0.3) is 0 Å². The van der Waals surface area contributed by atoms with Crippen molar-refractivity contribution in [2.75, 3.05) is 36.8 Å². The molecule has 2 aromatic rings. The van der Waals surface area contributed by atoms with Crippen molar-refractivity contribution in [3.8, 4) is 5.75 Å². The van der Waals surface area contributed by atoms with Gasteiger partial charge in [0.1, 0.15) is 18.4 Å². The first kappa shape index (κ1) is 27.9. The smallest absolute Gasteiger partial charge is 0.244 e. The van der Waals surface area contributed by atoms with Gasteiger partial charge in [-0.05, 0) is 80.6 Å². The van der Waals surface area contributed by atoms with E-state index in [-0.39, 0.29) is 18.0 Å². The summed E-state index contributed by atoms with van der Waals surface area (Å²) in [6.07, 6.45) is 3.13. The van der Waals surface area contributed by atoms with E-state index >= 15 is 0 Å². The first-order valence-corrected chi connectivity index (χ1v) is 15.3. The van der Waals surface area contributed by atoms with Crippen molar-refractivity contribution in [1.29, 1.82) is 0 Å². The molecule has 0 spiro atoms. The van der Waals surface area contributed by atoms with Crippen LogP contribution in [0.5, 0.6) is 5.75 Å². The second kappa shape index (κ2) is 11.6. The molecule has 11 heteroatoms. The normalized spacial score (nSPS) is 15.4. The van der Waals surface area contributed by atoms with Gasteiger partial charge in [0.2, 0.25) is 26.0 Å². The van der Waals surface area contributed by atoms with Gasteiger partial charge in [0.15, 0.2) is 0 Å². The molecule has 1 aliphatic rings. The molecular formula is C25H35N3O6S2. The molecule has 0 aliphatic carbocycles. The van der Waals surface area contributed by atoms with E-state index in [0.29, 0.717) is 30.9 Å². The number of carbonyl (C=O) groups excluding carboxylic acids is 1. The van der Waals surface area contributed by atoms with Crippen LogP contribution in [0.25, 0.3) is 0 Å². The van der Waals surface area contributed by atoms with Crippen LogP contribution in [0.4, 0.5) is 5.69 Å². The Bertz CT molecular complexity index is 1270. The number of amides is 1. The number of nitrogens with one attached hydrogen (secondary N) is 1. The summed E-state index contributed by atoms with van der Waals surface area (Å²) < 4.78 is 58.8. The number of carbonyl (C=O) groups is 1. The van der Waals surface area contributed by atoms with E-state index in [0.717, 1.165) is 34.5 Å². The number of sulfonamides is 2. The predicted molar refractivity (Wildman–Crippen MR) is 140 cm³/mol. The minimum absolute atomic E-state index is 0.142. The molecule has 0 saturated carbocycles. The molecule has 1 N–H and O–H groups in total. The van der Waals surface area contributed by atoms with Crippen molar-refractivity contribution in [3.63, 3.8) is 0 Å². The van der Waals surface area contributed by atoms with E-state index in [4.69, 9.17) is 4.74 Å². The van der Waals surface area contributed by atoms with Crippen LogP contribution in [0.1, 0.15) is 37.3 Å². The monoisotopic (exact) mass is 537 g/mol. The van der Waals surface area contributed by atoms with E-state index in [9.17, 15) is 21.6 Å². The van der Waals surface area contributed by atoms with Gasteiger partial charge >= 0.3 is 0 Å². The third-order valence-electron chi connectivity index (χ3n) is 6.27. The summed E-state index contributed by atoms with van der Waals surface area (Å²) in [6, 6.07) is 10.6. The van der Waals surface area contributed by atoms with Crippen molar-refractivity contribution < 1.29 is 26.4 Å². The molecule has 2 aromatic carbocycles. The van der Waals surface area contributed by atoms with Gasteiger partial charge in [-0.25, -0.2) is 16.8 Å². The zero-order chi connectivity index (χ0) is 26.5. The number of anilines is 1. The topological polar surface area (TPSA) is 113 Å². The number of benzene rings is 2. The SMILES string of the molecule is CC[C@@H](C(=O)NCCOc1ccc(S(=O)(=O)N2CCCC2)cc1)N(c1ccc(C)c(C)c1)S(C)(=O)=O. The summed E-state index contributed by atoms with van der Waals surface area (Å²) in [5.74, 6) is 0.0568. The van der Waals surface area contributed by atoms with E-state index in [2.05, 4.69) is 5.32 Å². The fourth-order valence-electron chi connectivity index (χ4n) is 4.17. The Morgan fingerprint density at radius 3 is 2.22 bits per heavy atom. The number of ether oxygens (including phenoxy) is 1. The van der Waals surface area contributed by atoms with Crippen LogP contribution < -0.4 is 14.4 Å². The highest BCUT2D eigenvalue weighted by molar-refractivity contribution is 7.92. The predicted octanol–water partition coefficient (Wildman–Crippen LogP) is 2.83. The largest absolute Gasteiger partial charge is 0.492 e. The Labute approximate surface area is 214 Å². The average Bonchev–Trinajstić information content (AvgIpc) is 3.37. The molecule has 1 heterocycles. The minimum atomic E-state index is -3.71. The summed E-state index contributed by atoms with van der Waals surface area (Å²) in [4.78, 5) is 13.2. The van der Waals surface area contributed by atoms with Gasteiger partial charge in [-0.3, -0.25) is 9.10 Å². The van der Waals surface area contributed by atoms with Gasteiger partial charge in [0.05, 0.1) is 23.4 Å². The second-order valence-corrected chi connectivity index (χ2v) is 12.8. The highest BCUT2D eigenvalue weighted by atomic mass is 32.2. The molecule has 3 rings (SSSR count). The first-order valence-electron chi connectivity index (χ1n) is 12.0. The van der Waals surface area contributed by atoms with Gasteiger partial charge in [-0.2, -0.15) is 4.31 Å². The van der Waals surface area contributed by atoms with Crippen LogP contribution in [0.15, 0.2) is 47.4 Å². The second-order valence-electron chi connectivity index (χ2n) is 8.97. The number of hydrogen-bond acceptors (Lipinski definition) is 6. The number of hydrogen-bond donors (Lipinski definition) is 1. The van der Waals surface area contributed by atoms with Gasteiger partial charge in [0, 0.05) is 13.1 Å². The minimum Gasteiger partial charge on any atom is -0.492 e. The van der Waals surface area contributed by atoms with Crippen molar-refractivity contribution in [1.82, 2.24) is 9.62 Å². The van der Waals surface area contributed by atoms with Gasteiger partial charge in [-0.15, -0.1) is 0 Å². The molecule has 9 nitrogen and oxygen atoms in total. The Kier molecular flexibility index (Phi) is 9.02. The number of nitrogens with zero attached hydrogens (tertiary/aromatic N) is 2. The molecule has 198 valence electrons. The third-order valence-corrected chi connectivity index (χ3v) is 9.36. The van der Waals surface area contributed by atoms with Crippen LogP contribution in [-0.2, 0) is 24.8 Å². The molecule has 1 fully saturated rings. The lowest BCUT2D eigenvalue weighted by Crippen LogP contribution is -2.50. The Hall–Kier alpha value is -2.63. The number of rotatable bonds is 11. The van der Waals surface area contributed by atoms with Crippen LogP contribution in [0, 0.1) is 13.8 Å². The molecule has 0 bridgehead atoms. The maximum Gasteiger partial charge on any atom is 0.244 e. The summed E-state index contributed by atoms with van der Waals surface area (Å²) in [5, 5.41) is 2.75. The summed E-state index contributed by atoms with van der Waals surface area (Å²) >= 11 is 0. The highest BCUT2D eigenvalue weighted by Crippen LogP contribution is 2.25. The Morgan fingerprint density at radius 2 is 1.67 bits per heavy atom.